The van der Waals surface area contributed by atoms with E-state index in [4.69, 9.17) is 0 Å². The lowest BCUT2D eigenvalue weighted by molar-refractivity contribution is -0.521. The second-order valence-electron chi connectivity index (χ2n) is 4.13. The highest BCUT2D eigenvalue weighted by atomic mass is 32.1. The molecule has 0 fully saturated rings. The molecule has 3 heteroatoms. The Kier molecular flexibility index (Phi) is 1.80. The molecular weight excluding hydrogens is 192 g/mol. The number of nitrogens with zero attached hydrogens (tertiary/aromatic N) is 2. The lowest BCUT2D eigenvalue weighted by Crippen LogP contribution is -2.31. The average molecular weight is 205 g/mol. The lowest BCUT2D eigenvalue weighted by atomic mass is 9.89. The Balaban J connectivity index is 2.24. The predicted molar refractivity (Wildman–Crippen MR) is 56.5 cm³/mol. The van der Waals surface area contributed by atoms with E-state index in [1.165, 1.54) is 30.5 Å². The number of hydrogen-bond donors (Lipinski definition) is 0. The highest BCUT2D eigenvalue weighted by molar-refractivity contribution is 7.14. The molecule has 0 unspecified atom stereocenters. The SMILES string of the molecule is C[C@H]1CCc2c(cnc3scc[n+]23)C1. The van der Waals surface area contributed by atoms with Crippen LogP contribution in [0.5, 0.6) is 0 Å². The van der Waals surface area contributed by atoms with Gasteiger partial charge in [0, 0.05) is 17.4 Å². The summed E-state index contributed by atoms with van der Waals surface area (Å²) in [6, 6.07) is 0. The summed E-state index contributed by atoms with van der Waals surface area (Å²) >= 11 is 1.71. The molecule has 0 spiro atoms. The van der Waals surface area contributed by atoms with E-state index in [2.05, 4.69) is 34.1 Å². The standard InChI is InChI=1S/C11H13N2S/c1-8-2-3-10-9(6-8)7-12-11-13(10)4-5-14-11/h4-5,7-8H,2-3,6H2,1H3/q+1/t8-/m0/s1. The Labute approximate surface area is 87.2 Å². The van der Waals surface area contributed by atoms with Crippen molar-refractivity contribution in [3.8, 4) is 0 Å². The second kappa shape index (κ2) is 3.02. The quantitative estimate of drug-likeness (QED) is 0.601. The molecule has 1 atom stereocenters. The second-order valence-corrected chi connectivity index (χ2v) is 5.01. The Morgan fingerprint density at radius 3 is 3.43 bits per heavy atom. The Hall–Kier alpha value is -0.960. The highest BCUT2D eigenvalue weighted by Gasteiger charge is 2.22. The summed E-state index contributed by atoms with van der Waals surface area (Å²) in [7, 11) is 0. The van der Waals surface area contributed by atoms with Gasteiger partial charge in [0.1, 0.15) is 18.1 Å². The van der Waals surface area contributed by atoms with Crippen LogP contribution in [0, 0.1) is 5.92 Å². The van der Waals surface area contributed by atoms with Crippen molar-refractivity contribution in [2.75, 3.05) is 0 Å². The predicted octanol–water partition coefficient (Wildman–Crippen LogP) is 2.01. The van der Waals surface area contributed by atoms with Crippen molar-refractivity contribution in [2.45, 2.75) is 26.2 Å². The summed E-state index contributed by atoms with van der Waals surface area (Å²) in [5.41, 5.74) is 2.93. The van der Waals surface area contributed by atoms with Crippen LogP contribution in [0.15, 0.2) is 17.8 Å². The van der Waals surface area contributed by atoms with Crippen molar-refractivity contribution >= 4 is 16.3 Å². The molecule has 2 heterocycles. The van der Waals surface area contributed by atoms with Crippen LogP contribution in [0.4, 0.5) is 0 Å². The van der Waals surface area contributed by atoms with E-state index in [1.807, 2.05) is 0 Å². The molecule has 0 aromatic carbocycles. The lowest BCUT2D eigenvalue weighted by Gasteiger charge is -2.17. The van der Waals surface area contributed by atoms with Crippen LogP contribution in [0.25, 0.3) is 4.96 Å². The molecular formula is C11H13N2S+. The smallest absolute Gasteiger partial charge is 0.190 e. The maximum atomic E-state index is 4.47. The molecule has 0 aliphatic heterocycles. The van der Waals surface area contributed by atoms with Gasteiger partial charge in [-0.15, -0.1) is 0 Å². The number of hydrogen-bond acceptors (Lipinski definition) is 2. The molecule has 2 nitrogen and oxygen atoms in total. The topological polar surface area (TPSA) is 17.0 Å². The van der Waals surface area contributed by atoms with E-state index in [-0.39, 0.29) is 0 Å². The summed E-state index contributed by atoms with van der Waals surface area (Å²) in [5, 5.41) is 2.11. The fraction of sp³-hybridized carbons (Fsp3) is 0.455. The summed E-state index contributed by atoms with van der Waals surface area (Å²) in [5.74, 6) is 0.820. The van der Waals surface area contributed by atoms with Crippen LogP contribution in [-0.4, -0.2) is 4.98 Å². The zero-order chi connectivity index (χ0) is 9.54. The van der Waals surface area contributed by atoms with Crippen LogP contribution in [0.3, 0.4) is 0 Å². The molecule has 0 bridgehead atoms. The summed E-state index contributed by atoms with van der Waals surface area (Å²) in [6.45, 7) is 2.32. The van der Waals surface area contributed by atoms with E-state index in [0.29, 0.717) is 0 Å². The van der Waals surface area contributed by atoms with Crippen LogP contribution >= 0.6 is 11.3 Å². The fourth-order valence-electron chi connectivity index (χ4n) is 2.25. The minimum atomic E-state index is 0.820. The van der Waals surface area contributed by atoms with Crippen molar-refractivity contribution in [1.29, 1.82) is 0 Å². The summed E-state index contributed by atoms with van der Waals surface area (Å²) in [4.78, 5) is 5.59. The number of thiazole rings is 1. The molecule has 0 radical (unpaired) electrons. The van der Waals surface area contributed by atoms with Gasteiger partial charge in [-0.25, -0.2) is 0 Å². The molecule has 0 saturated carbocycles. The first-order valence-electron chi connectivity index (χ1n) is 5.10. The number of aryl methyl sites for hydroxylation is 1. The largest absolute Gasteiger partial charge is 0.387 e. The van der Waals surface area contributed by atoms with Crippen LogP contribution in [0.1, 0.15) is 24.6 Å². The van der Waals surface area contributed by atoms with Crippen molar-refractivity contribution < 1.29 is 4.40 Å². The van der Waals surface area contributed by atoms with E-state index in [0.717, 1.165) is 10.9 Å². The Morgan fingerprint density at radius 1 is 1.57 bits per heavy atom. The number of fused-ring (bicyclic) bond motifs is 3. The maximum absolute atomic E-state index is 4.47. The van der Waals surface area contributed by atoms with Gasteiger partial charge >= 0.3 is 4.96 Å². The first-order chi connectivity index (χ1) is 6.84. The molecule has 0 amide bonds. The van der Waals surface area contributed by atoms with E-state index in [1.54, 1.807) is 11.3 Å². The Bertz CT molecular complexity index is 475. The Morgan fingerprint density at radius 2 is 2.50 bits per heavy atom. The van der Waals surface area contributed by atoms with Crippen molar-refractivity contribution in [3.05, 3.63) is 29.0 Å². The molecule has 0 N–H and O–H groups in total. The molecule has 3 rings (SSSR count). The maximum Gasteiger partial charge on any atom is 0.387 e. The minimum absolute atomic E-state index is 0.820. The minimum Gasteiger partial charge on any atom is -0.190 e. The average Bonchev–Trinajstić information content (AvgIpc) is 2.65. The van der Waals surface area contributed by atoms with E-state index in [9.17, 15) is 0 Å². The summed E-state index contributed by atoms with van der Waals surface area (Å²) in [6.07, 6.45) is 7.92. The van der Waals surface area contributed by atoms with Crippen molar-refractivity contribution in [1.82, 2.24) is 4.98 Å². The van der Waals surface area contributed by atoms with Crippen molar-refractivity contribution in [3.63, 3.8) is 0 Å². The molecule has 1 aliphatic rings. The van der Waals surface area contributed by atoms with E-state index < -0.39 is 0 Å². The third-order valence-corrected chi connectivity index (χ3v) is 3.79. The molecule has 14 heavy (non-hydrogen) atoms. The molecule has 72 valence electrons. The fourth-order valence-corrected chi connectivity index (χ4v) is 2.95. The van der Waals surface area contributed by atoms with E-state index >= 15 is 0 Å². The van der Waals surface area contributed by atoms with Gasteiger partial charge in [0.05, 0.1) is 0 Å². The van der Waals surface area contributed by atoms with Gasteiger partial charge < -0.3 is 0 Å². The third kappa shape index (κ3) is 1.16. The number of rotatable bonds is 0. The summed E-state index contributed by atoms with van der Waals surface area (Å²) < 4.78 is 2.26. The number of aromatic nitrogens is 2. The van der Waals surface area contributed by atoms with Gasteiger partial charge in [-0.2, -0.15) is 4.40 Å². The van der Waals surface area contributed by atoms with Gasteiger partial charge in [-0.3, -0.25) is 0 Å². The molecule has 1 aliphatic carbocycles. The van der Waals surface area contributed by atoms with Gasteiger partial charge in [0.2, 0.25) is 0 Å². The molecule has 2 aromatic heterocycles. The van der Waals surface area contributed by atoms with Crippen LogP contribution in [-0.2, 0) is 12.8 Å². The monoisotopic (exact) mass is 205 g/mol. The zero-order valence-corrected chi connectivity index (χ0v) is 9.05. The van der Waals surface area contributed by atoms with Gasteiger partial charge in [-0.1, -0.05) is 18.3 Å². The molecule has 0 saturated heterocycles. The van der Waals surface area contributed by atoms with Crippen LogP contribution < -0.4 is 4.40 Å². The molecule has 2 aromatic rings. The van der Waals surface area contributed by atoms with Gasteiger partial charge in [0.25, 0.3) is 0 Å². The van der Waals surface area contributed by atoms with Gasteiger partial charge in [-0.05, 0) is 23.7 Å². The zero-order valence-electron chi connectivity index (χ0n) is 8.23. The van der Waals surface area contributed by atoms with Crippen molar-refractivity contribution in [2.24, 2.45) is 5.92 Å². The van der Waals surface area contributed by atoms with Crippen LogP contribution in [0.2, 0.25) is 0 Å². The normalized spacial score (nSPS) is 21.1. The third-order valence-electron chi connectivity index (χ3n) is 3.02. The first-order valence-corrected chi connectivity index (χ1v) is 5.98. The van der Waals surface area contributed by atoms with Gasteiger partial charge in [0.15, 0.2) is 0 Å². The highest BCUT2D eigenvalue weighted by Crippen LogP contribution is 2.22. The first kappa shape index (κ1) is 8.36.